The van der Waals surface area contributed by atoms with Crippen LogP contribution < -0.4 is 0 Å². The molecule has 0 radical (unpaired) electrons. The zero-order chi connectivity index (χ0) is 3.58. The zero-order valence-electron chi connectivity index (χ0n) is 1.80. The predicted molar refractivity (Wildman–Crippen MR) is 29.4 cm³/mol. The van der Waals surface area contributed by atoms with Crippen molar-refractivity contribution in [2.24, 2.45) is 0 Å². The van der Waals surface area contributed by atoms with Gasteiger partial charge in [0.2, 0.25) is 0 Å². The Labute approximate surface area is 79.3 Å². The SMILES string of the molecule is B.O=[Si](O)O.[BaH2]. The van der Waals surface area contributed by atoms with Gasteiger partial charge in [-0.2, -0.15) is 0 Å². The molecular weight excluding hydrogens is 224 g/mol. The summed E-state index contributed by atoms with van der Waals surface area (Å²) in [6.07, 6.45) is 0. The van der Waals surface area contributed by atoms with Crippen molar-refractivity contribution in [3.05, 3.63) is 0 Å². The van der Waals surface area contributed by atoms with E-state index in [0.29, 0.717) is 0 Å². The number of rotatable bonds is 0. The van der Waals surface area contributed by atoms with Crippen molar-refractivity contribution in [1.29, 1.82) is 0 Å². The van der Waals surface area contributed by atoms with E-state index < -0.39 is 9.17 Å². The maximum atomic E-state index is 8.74. The Morgan fingerprint density at radius 1 is 1.33 bits per heavy atom. The van der Waals surface area contributed by atoms with Crippen LogP contribution in [0.2, 0.25) is 0 Å². The molecule has 0 aromatic carbocycles. The first-order valence-corrected chi connectivity index (χ1v) is 1.95. The molecule has 0 spiro atoms. The summed E-state index contributed by atoms with van der Waals surface area (Å²) in [6.45, 7) is 0. The molecule has 2 N–H and O–H groups in total. The third-order valence-corrected chi connectivity index (χ3v) is 0. The Bertz CT molecular complexity index is 33.8. The molecule has 3 nitrogen and oxygen atoms in total. The quantitative estimate of drug-likeness (QED) is 0.422. The van der Waals surface area contributed by atoms with Gasteiger partial charge < -0.3 is 9.59 Å². The van der Waals surface area contributed by atoms with Crippen LogP contribution in [0.4, 0.5) is 0 Å². The second-order valence-electron chi connectivity index (χ2n) is 0.283. The molecule has 0 aromatic heterocycles. The molecule has 0 bridgehead atoms. The molecule has 0 aliphatic rings. The Morgan fingerprint density at radius 2 is 1.33 bits per heavy atom. The fourth-order valence-electron chi connectivity index (χ4n) is 0. The molecule has 6 heavy (non-hydrogen) atoms. The molecule has 0 atom stereocenters. The van der Waals surface area contributed by atoms with Crippen molar-refractivity contribution in [3.63, 3.8) is 0 Å². The van der Waals surface area contributed by atoms with Gasteiger partial charge in [0.15, 0.2) is 0 Å². The van der Waals surface area contributed by atoms with Gasteiger partial charge in [-0.05, 0) is 0 Å². The molecule has 0 heterocycles. The average molecular weight is 231 g/mol. The van der Waals surface area contributed by atoms with Crippen LogP contribution in [-0.2, 0) is 4.46 Å². The standard InChI is InChI=1S/BH3.Ba.H2O3Si.2H/c;;1-4(2)3;;/h1H3;;1-2H;;. The molecule has 6 heteroatoms. The van der Waals surface area contributed by atoms with Gasteiger partial charge in [0.05, 0.1) is 8.41 Å². The second-order valence-corrected chi connectivity index (χ2v) is 0.848. The molecule has 0 fully saturated rings. The zero-order valence-corrected chi connectivity index (χ0v) is 2.80. The van der Waals surface area contributed by atoms with Crippen LogP contribution >= 0.6 is 0 Å². The molecule has 0 amide bonds. The summed E-state index contributed by atoms with van der Waals surface area (Å²) in [6, 6.07) is 0. The normalized spacial score (nSPS) is 4.00. The molecular formula is H7BBaO3Si. The van der Waals surface area contributed by atoms with E-state index in [4.69, 9.17) is 14.1 Å². The summed E-state index contributed by atoms with van der Waals surface area (Å²) in [7, 11) is -3.13. The Kier molecular flexibility index (Phi) is 24.9. The van der Waals surface area contributed by atoms with Crippen molar-refractivity contribution in [2.45, 2.75) is 0 Å². The molecule has 34 valence electrons. The number of hydrogen-bond donors (Lipinski definition) is 2. The number of hydrogen-bond acceptors (Lipinski definition) is 1. The van der Waals surface area contributed by atoms with Crippen LogP contribution in [0.3, 0.4) is 0 Å². The van der Waals surface area contributed by atoms with E-state index in [1.807, 2.05) is 0 Å². The average Bonchev–Trinajstić information content (AvgIpc) is 0.811. The molecule has 0 aliphatic carbocycles. The van der Waals surface area contributed by atoms with Gasteiger partial charge >= 0.3 is 58.1 Å². The first kappa shape index (κ1) is 15.7. The Balaban J connectivity index is -0.0000000450. The van der Waals surface area contributed by atoms with Gasteiger partial charge in [-0.15, -0.1) is 0 Å². The summed E-state index contributed by atoms with van der Waals surface area (Å²) >= 11 is 0. The summed E-state index contributed by atoms with van der Waals surface area (Å²) in [5.74, 6) is 0. The van der Waals surface area contributed by atoms with E-state index in [2.05, 4.69) is 0 Å². The molecule has 0 rings (SSSR count). The van der Waals surface area contributed by atoms with Crippen molar-refractivity contribution in [2.75, 3.05) is 0 Å². The van der Waals surface area contributed by atoms with E-state index in [-0.39, 0.29) is 57.3 Å². The van der Waals surface area contributed by atoms with Crippen molar-refractivity contribution in [3.8, 4) is 0 Å². The van der Waals surface area contributed by atoms with Gasteiger partial charge in [-0.25, -0.2) is 0 Å². The Morgan fingerprint density at radius 3 is 1.33 bits per heavy atom. The summed E-state index contributed by atoms with van der Waals surface area (Å²) in [5.41, 5.74) is 0. The monoisotopic (exact) mass is 232 g/mol. The predicted octanol–water partition coefficient (Wildman–Crippen LogP) is -3.71. The maximum absolute atomic E-state index is 8.74. The van der Waals surface area contributed by atoms with E-state index >= 15 is 0 Å². The first-order chi connectivity index (χ1) is 1.73. The van der Waals surface area contributed by atoms with Crippen LogP contribution in [0.25, 0.3) is 0 Å². The van der Waals surface area contributed by atoms with Crippen LogP contribution in [-0.4, -0.2) is 76.1 Å². The van der Waals surface area contributed by atoms with Crippen molar-refractivity contribution in [1.82, 2.24) is 0 Å². The van der Waals surface area contributed by atoms with Crippen LogP contribution in [0.15, 0.2) is 0 Å². The van der Waals surface area contributed by atoms with Crippen LogP contribution in [0.5, 0.6) is 0 Å². The summed E-state index contributed by atoms with van der Waals surface area (Å²) < 4.78 is 8.74. The summed E-state index contributed by atoms with van der Waals surface area (Å²) in [4.78, 5) is 14.3. The fourth-order valence-corrected chi connectivity index (χ4v) is 0. The first-order valence-electron chi connectivity index (χ1n) is 0.651. The molecule has 0 aromatic rings. The van der Waals surface area contributed by atoms with Gasteiger partial charge in [0.25, 0.3) is 0 Å². The summed E-state index contributed by atoms with van der Waals surface area (Å²) in [5, 5.41) is 0. The Hall–Kier alpha value is 1.25. The molecule has 0 aliphatic heterocycles. The fraction of sp³-hybridized carbons (Fsp3) is 0. The third-order valence-electron chi connectivity index (χ3n) is 0. The van der Waals surface area contributed by atoms with Crippen LogP contribution in [0, 0.1) is 0 Å². The van der Waals surface area contributed by atoms with Crippen molar-refractivity contribution >= 4 is 66.5 Å². The van der Waals surface area contributed by atoms with Gasteiger partial charge in [-0.1, -0.05) is 0 Å². The second kappa shape index (κ2) is 9.54. The van der Waals surface area contributed by atoms with Gasteiger partial charge in [0, 0.05) is 0 Å². The minimum absolute atomic E-state index is 0. The third kappa shape index (κ3) is 60.5. The topological polar surface area (TPSA) is 57.5 Å². The molecule has 0 saturated carbocycles. The molecule has 0 saturated heterocycles. The van der Waals surface area contributed by atoms with E-state index in [1.54, 1.807) is 0 Å². The van der Waals surface area contributed by atoms with Crippen LogP contribution in [0.1, 0.15) is 0 Å². The van der Waals surface area contributed by atoms with E-state index in [1.165, 1.54) is 0 Å². The van der Waals surface area contributed by atoms with E-state index in [9.17, 15) is 0 Å². The molecule has 0 unspecified atom stereocenters. The van der Waals surface area contributed by atoms with Gasteiger partial charge in [-0.3, -0.25) is 4.46 Å². The van der Waals surface area contributed by atoms with Gasteiger partial charge in [0.1, 0.15) is 0 Å². The minimum atomic E-state index is -3.13. The van der Waals surface area contributed by atoms with E-state index in [0.717, 1.165) is 0 Å². The van der Waals surface area contributed by atoms with Crippen molar-refractivity contribution < 1.29 is 14.1 Å².